The van der Waals surface area contributed by atoms with Gasteiger partial charge in [-0.25, -0.2) is 0 Å². The lowest BCUT2D eigenvalue weighted by atomic mass is 9.93. The van der Waals surface area contributed by atoms with Gasteiger partial charge in [-0.15, -0.1) is 0 Å². The van der Waals surface area contributed by atoms with Crippen LogP contribution >= 0.6 is 0 Å². The second kappa shape index (κ2) is 4.85. The lowest BCUT2D eigenvalue weighted by Gasteiger charge is -2.26. The summed E-state index contributed by atoms with van der Waals surface area (Å²) in [6, 6.07) is 3.47. The van der Waals surface area contributed by atoms with Crippen molar-refractivity contribution in [1.29, 1.82) is 0 Å². The number of allylic oxidation sites excluding steroid dienone is 2. The first-order valence-electron chi connectivity index (χ1n) is 6.43. The third kappa shape index (κ3) is 2.10. The fraction of sp³-hybridized carbons (Fsp3) is 0.125. The van der Waals surface area contributed by atoms with Gasteiger partial charge in [-0.3, -0.25) is 9.59 Å². The van der Waals surface area contributed by atoms with E-state index >= 15 is 0 Å². The number of rotatable bonds is 2. The Bertz CT molecular complexity index is 871. The number of carbonyl (C=O) groups is 1. The van der Waals surface area contributed by atoms with Gasteiger partial charge in [-0.2, -0.15) is 0 Å². The van der Waals surface area contributed by atoms with Gasteiger partial charge in [0, 0.05) is 25.3 Å². The predicted molar refractivity (Wildman–Crippen MR) is 77.8 cm³/mol. The quantitative estimate of drug-likeness (QED) is 0.877. The average molecular weight is 300 g/mol. The van der Waals surface area contributed by atoms with Crippen LogP contribution in [-0.4, -0.2) is 23.1 Å². The van der Waals surface area contributed by atoms with Gasteiger partial charge in [0.2, 0.25) is 0 Å². The summed E-state index contributed by atoms with van der Waals surface area (Å²) in [6.07, 6.45) is 5.57. The van der Waals surface area contributed by atoms with E-state index in [4.69, 9.17) is 9.15 Å². The van der Waals surface area contributed by atoms with E-state index < -0.39 is 11.0 Å². The maximum absolute atomic E-state index is 12.2. The van der Waals surface area contributed by atoms with Crippen LogP contribution in [0.5, 0.6) is 11.5 Å². The van der Waals surface area contributed by atoms with Crippen LogP contribution in [0.2, 0.25) is 0 Å². The molecule has 22 heavy (non-hydrogen) atoms. The topological polar surface area (TPSA) is 97.0 Å². The second-order valence-corrected chi connectivity index (χ2v) is 4.88. The molecule has 0 radical (unpaired) electrons. The average Bonchev–Trinajstić information content (AvgIpc) is 2.47. The van der Waals surface area contributed by atoms with Crippen molar-refractivity contribution in [2.45, 2.75) is 5.60 Å². The Kier molecular flexibility index (Phi) is 3.11. The Hall–Kier alpha value is -2.86. The third-order valence-electron chi connectivity index (χ3n) is 3.51. The summed E-state index contributed by atoms with van der Waals surface area (Å²) in [5.41, 5.74) is -1.65. The molecule has 6 heteroatoms. The Morgan fingerprint density at radius 1 is 1.09 bits per heavy atom. The number of benzene rings is 1. The van der Waals surface area contributed by atoms with Crippen molar-refractivity contribution in [3.05, 3.63) is 58.5 Å². The monoisotopic (exact) mass is 300 g/mol. The van der Waals surface area contributed by atoms with Crippen LogP contribution in [0.3, 0.4) is 0 Å². The zero-order valence-electron chi connectivity index (χ0n) is 11.6. The number of carbonyl (C=O) groups excluding carboxylic acids is 1. The molecule has 0 unspecified atom stereocenters. The number of methoxy groups -OCH3 is 1. The Morgan fingerprint density at radius 3 is 2.41 bits per heavy atom. The number of phenolic OH excluding ortho intramolecular Hbond substituents is 2. The minimum atomic E-state index is -1.19. The Balaban J connectivity index is 2.28. The molecule has 0 spiro atoms. The molecular formula is C16H12O6. The maximum Gasteiger partial charge on any atom is 0.196 e. The number of fused-ring (bicyclic) bond motifs is 1. The van der Waals surface area contributed by atoms with Crippen LogP contribution in [0.1, 0.15) is 5.76 Å². The number of hydrogen-bond donors (Lipinski definition) is 2. The molecule has 1 aromatic heterocycles. The van der Waals surface area contributed by atoms with E-state index in [0.717, 1.165) is 6.07 Å². The van der Waals surface area contributed by atoms with E-state index in [-0.39, 0.29) is 34.0 Å². The zero-order chi connectivity index (χ0) is 15.9. The molecule has 0 bridgehead atoms. The van der Waals surface area contributed by atoms with Crippen molar-refractivity contribution in [1.82, 2.24) is 0 Å². The highest BCUT2D eigenvalue weighted by Gasteiger charge is 2.32. The smallest absolute Gasteiger partial charge is 0.196 e. The molecule has 0 saturated carbocycles. The van der Waals surface area contributed by atoms with Gasteiger partial charge in [0.05, 0.1) is 0 Å². The van der Waals surface area contributed by atoms with Crippen molar-refractivity contribution in [2.75, 3.05) is 7.11 Å². The van der Waals surface area contributed by atoms with Gasteiger partial charge in [0.1, 0.15) is 28.2 Å². The lowest BCUT2D eigenvalue weighted by molar-refractivity contribution is -0.110. The molecule has 0 saturated heterocycles. The molecular weight excluding hydrogens is 288 g/mol. The van der Waals surface area contributed by atoms with Gasteiger partial charge in [0.25, 0.3) is 0 Å². The molecule has 0 amide bonds. The van der Waals surface area contributed by atoms with Gasteiger partial charge < -0.3 is 19.4 Å². The first-order chi connectivity index (χ1) is 10.4. The number of phenols is 2. The first-order valence-corrected chi connectivity index (χ1v) is 6.43. The normalized spacial score (nSPS) is 16.3. The van der Waals surface area contributed by atoms with E-state index in [2.05, 4.69) is 0 Å². The Labute approximate surface area is 124 Å². The summed E-state index contributed by atoms with van der Waals surface area (Å²) in [4.78, 5) is 23.5. The van der Waals surface area contributed by atoms with Gasteiger partial charge in [-0.1, -0.05) is 0 Å². The first kappa shape index (κ1) is 14.1. The molecule has 0 aliphatic heterocycles. The summed E-state index contributed by atoms with van der Waals surface area (Å²) in [6.45, 7) is 0. The van der Waals surface area contributed by atoms with Crippen molar-refractivity contribution >= 4 is 16.8 Å². The van der Waals surface area contributed by atoms with E-state index in [9.17, 15) is 19.8 Å². The number of hydrogen-bond acceptors (Lipinski definition) is 6. The fourth-order valence-corrected chi connectivity index (χ4v) is 2.37. The van der Waals surface area contributed by atoms with Crippen LogP contribution in [0, 0.1) is 0 Å². The number of ether oxygens (including phenoxy) is 1. The van der Waals surface area contributed by atoms with Crippen molar-refractivity contribution in [3.63, 3.8) is 0 Å². The SMILES string of the molecule is COC1(c2cc(=O)c3c(O)cc(O)cc3o2)C=CC(=O)C=C1. The standard InChI is InChI=1S/C16H12O6/c1-21-16(4-2-9(17)3-5-16)14-8-12(20)15-11(19)6-10(18)7-13(15)22-14/h2-8,18-19H,1H3. The molecule has 1 aromatic carbocycles. The molecule has 2 aromatic rings. The van der Waals surface area contributed by atoms with Crippen LogP contribution in [0.4, 0.5) is 0 Å². The van der Waals surface area contributed by atoms with Crippen molar-refractivity contribution < 1.29 is 24.2 Å². The Morgan fingerprint density at radius 2 is 1.77 bits per heavy atom. The van der Waals surface area contributed by atoms with E-state index in [0.29, 0.717) is 0 Å². The van der Waals surface area contributed by atoms with Crippen molar-refractivity contribution in [2.24, 2.45) is 0 Å². The molecule has 112 valence electrons. The fourth-order valence-electron chi connectivity index (χ4n) is 2.37. The third-order valence-corrected chi connectivity index (χ3v) is 3.51. The van der Waals surface area contributed by atoms with Crippen LogP contribution in [0.25, 0.3) is 11.0 Å². The van der Waals surface area contributed by atoms with Crippen LogP contribution in [-0.2, 0) is 15.1 Å². The van der Waals surface area contributed by atoms with E-state index in [1.54, 1.807) is 0 Å². The summed E-state index contributed by atoms with van der Waals surface area (Å²) in [5.74, 6) is -0.669. The summed E-state index contributed by atoms with van der Waals surface area (Å²) in [7, 11) is 1.41. The highest BCUT2D eigenvalue weighted by atomic mass is 16.5. The van der Waals surface area contributed by atoms with Gasteiger partial charge >= 0.3 is 0 Å². The summed E-state index contributed by atoms with van der Waals surface area (Å²) >= 11 is 0. The molecule has 6 nitrogen and oxygen atoms in total. The second-order valence-electron chi connectivity index (χ2n) is 4.88. The molecule has 1 aliphatic carbocycles. The molecule has 0 atom stereocenters. The number of aromatic hydroxyl groups is 2. The van der Waals surface area contributed by atoms with E-state index in [1.807, 2.05) is 0 Å². The van der Waals surface area contributed by atoms with E-state index in [1.165, 1.54) is 43.5 Å². The van der Waals surface area contributed by atoms with Gasteiger partial charge in [0.15, 0.2) is 16.8 Å². The molecule has 0 fully saturated rings. The maximum atomic E-state index is 12.2. The van der Waals surface area contributed by atoms with Crippen molar-refractivity contribution in [3.8, 4) is 11.5 Å². The molecule has 3 rings (SSSR count). The zero-order valence-corrected chi connectivity index (χ0v) is 11.6. The lowest BCUT2D eigenvalue weighted by Crippen LogP contribution is -2.27. The minimum Gasteiger partial charge on any atom is -0.508 e. The summed E-state index contributed by atoms with van der Waals surface area (Å²) < 4.78 is 11.0. The summed E-state index contributed by atoms with van der Waals surface area (Å²) in [5, 5.41) is 19.3. The molecule has 2 N–H and O–H groups in total. The largest absolute Gasteiger partial charge is 0.508 e. The molecule has 1 aliphatic rings. The van der Waals surface area contributed by atoms with Crippen LogP contribution in [0.15, 0.2) is 51.7 Å². The minimum absolute atomic E-state index is 0.0233. The molecule has 1 heterocycles. The highest BCUT2D eigenvalue weighted by Crippen LogP contribution is 2.34. The predicted octanol–water partition coefficient (Wildman–Crippen LogP) is 1.74. The van der Waals surface area contributed by atoms with Crippen LogP contribution < -0.4 is 5.43 Å². The van der Waals surface area contributed by atoms with Gasteiger partial charge in [-0.05, 0) is 24.3 Å². The highest BCUT2D eigenvalue weighted by molar-refractivity contribution is 6.00. The number of ketones is 1.